The molecule has 0 unspecified atom stereocenters. The van der Waals surface area contributed by atoms with E-state index in [1.165, 1.54) is 0 Å². The van der Waals surface area contributed by atoms with Crippen LogP contribution in [0.2, 0.25) is 0 Å². The third-order valence-corrected chi connectivity index (χ3v) is 5.83. The van der Waals surface area contributed by atoms with E-state index in [2.05, 4.69) is 0 Å². The highest BCUT2D eigenvalue weighted by atomic mass is 32.2. The smallest absolute Gasteiger partial charge is 0.334 e. The Labute approximate surface area is 135 Å². The molecule has 1 saturated heterocycles. The first-order valence-corrected chi connectivity index (χ1v) is 8.66. The fourth-order valence-electron chi connectivity index (χ4n) is 3.31. The van der Waals surface area contributed by atoms with E-state index in [-0.39, 0.29) is 11.6 Å². The summed E-state index contributed by atoms with van der Waals surface area (Å²) in [6.07, 6.45) is -0.521. The fourth-order valence-corrected chi connectivity index (χ4v) is 4.75. The second kappa shape index (κ2) is 6.22. The molecular weight excluding hydrogens is 329 g/mol. The van der Waals surface area contributed by atoms with Crippen LogP contribution in [0.1, 0.15) is 41.7 Å². The molecule has 1 saturated carbocycles. The number of H-pyrrole nitrogens is 1. The van der Waals surface area contributed by atoms with E-state index in [0.717, 1.165) is 43.6 Å². The van der Waals surface area contributed by atoms with Crippen LogP contribution in [0.15, 0.2) is 16.9 Å². The molecule has 1 amide bonds. The molecule has 1 aromatic rings. The zero-order valence-corrected chi connectivity index (χ0v) is 13.2. The van der Waals surface area contributed by atoms with Crippen molar-refractivity contribution in [3.05, 3.63) is 33.7 Å². The van der Waals surface area contributed by atoms with Crippen LogP contribution >= 0.6 is 11.8 Å². The number of alkyl halides is 3. The van der Waals surface area contributed by atoms with Gasteiger partial charge in [-0.2, -0.15) is 24.9 Å². The summed E-state index contributed by atoms with van der Waals surface area (Å²) in [5, 5.41) is 0.370. The molecule has 23 heavy (non-hydrogen) atoms. The Bertz CT molecular complexity index is 657. The van der Waals surface area contributed by atoms with Crippen LogP contribution in [0.5, 0.6) is 0 Å². The van der Waals surface area contributed by atoms with Crippen LogP contribution in [0.4, 0.5) is 13.2 Å². The number of halogens is 3. The van der Waals surface area contributed by atoms with Gasteiger partial charge in [0.2, 0.25) is 0 Å². The molecule has 1 aliphatic heterocycles. The van der Waals surface area contributed by atoms with Gasteiger partial charge in [0, 0.05) is 23.6 Å². The molecule has 0 spiro atoms. The molecule has 0 bridgehead atoms. The van der Waals surface area contributed by atoms with Crippen molar-refractivity contribution in [2.45, 2.75) is 43.2 Å². The normalized spacial score (nSPS) is 25.1. The van der Waals surface area contributed by atoms with E-state index in [0.29, 0.717) is 11.8 Å². The number of amides is 1. The largest absolute Gasteiger partial charge is 0.431 e. The average molecular weight is 346 g/mol. The summed E-state index contributed by atoms with van der Waals surface area (Å²) >= 11 is 1.84. The molecule has 4 nitrogen and oxygen atoms in total. The van der Waals surface area contributed by atoms with Crippen molar-refractivity contribution in [2.75, 3.05) is 12.3 Å². The maximum Gasteiger partial charge on any atom is 0.431 e. The summed E-state index contributed by atoms with van der Waals surface area (Å²) in [4.78, 5) is 28.0. The maximum atomic E-state index is 12.7. The first kappa shape index (κ1) is 16.4. The van der Waals surface area contributed by atoms with Crippen molar-refractivity contribution in [3.63, 3.8) is 0 Å². The zero-order valence-electron chi connectivity index (χ0n) is 12.4. The first-order chi connectivity index (χ1) is 10.9. The van der Waals surface area contributed by atoms with E-state index in [9.17, 15) is 22.8 Å². The first-order valence-electron chi connectivity index (χ1n) is 7.61. The number of hydrogen-bond donors (Lipinski definition) is 1. The van der Waals surface area contributed by atoms with Crippen molar-refractivity contribution in [3.8, 4) is 0 Å². The van der Waals surface area contributed by atoms with Gasteiger partial charge in [-0.1, -0.05) is 12.8 Å². The number of nitrogens with one attached hydrogen (secondary N) is 1. The van der Waals surface area contributed by atoms with E-state index in [1.807, 2.05) is 11.8 Å². The number of aromatic amines is 1. The standard InChI is InChI=1S/C15H17F3N2O2S/c16-15(17,18)12-6-5-9(13(21)19-12)14(22)20-7-8-23-11-4-2-1-3-10(11)20/h5-6,10-11H,1-4,7-8H2,(H,19,21)/t10-,11+/m1/s1. The number of hydrogen-bond acceptors (Lipinski definition) is 3. The number of fused-ring (bicyclic) bond motifs is 1. The van der Waals surface area contributed by atoms with Crippen LogP contribution in [0, 0.1) is 0 Å². The minimum absolute atomic E-state index is 0.0803. The molecule has 0 aromatic carbocycles. The van der Waals surface area contributed by atoms with Crippen molar-refractivity contribution >= 4 is 17.7 Å². The highest BCUT2D eigenvalue weighted by Crippen LogP contribution is 2.36. The van der Waals surface area contributed by atoms with Crippen LogP contribution < -0.4 is 5.56 Å². The van der Waals surface area contributed by atoms with E-state index >= 15 is 0 Å². The summed E-state index contributed by atoms with van der Waals surface area (Å²) < 4.78 is 37.8. The highest BCUT2D eigenvalue weighted by Gasteiger charge is 2.38. The number of carbonyl (C=O) groups excluding carboxylic acids is 1. The second-order valence-corrected chi connectivity index (χ2v) is 7.22. The Morgan fingerprint density at radius 1 is 1.26 bits per heavy atom. The SMILES string of the molecule is O=C(c1ccc(C(F)(F)F)[nH]c1=O)N1CCS[C@H]2CCCC[C@H]21. The molecule has 1 aliphatic carbocycles. The minimum atomic E-state index is -4.63. The number of rotatable bonds is 1. The van der Waals surface area contributed by atoms with E-state index in [4.69, 9.17) is 0 Å². The van der Waals surface area contributed by atoms with E-state index in [1.54, 1.807) is 9.88 Å². The highest BCUT2D eigenvalue weighted by molar-refractivity contribution is 8.00. The quantitative estimate of drug-likeness (QED) is 0.851. The van der Waals surface area contributed by atoms with Gasteiger partial charge in [0.15, 0.2) is 0 Å². The predicted octanol–water partition coefficient (Wildman–Crippen LogP) is 2.89. The number of carbonyl (C=O) groups is 1. The van der Waals surface area contributed by atoms with Gasteiger partial charge < -0.3 is 9.88 Å². The molecule has 2 fully saturated rings. The minimum Gasteiger partial charge on any atom is -0.334 e. The molecule has 2 aliphatic rings. The lowest BCUT2D eigenvalue weighted by molar-refractivity contribution is -0.141. The summed E-state index contributed by atoms with van der Waals surface area (Å²) in [5.74, 6) is 0.336. The lowest BCUT2D eigenvalue weighted by Gasteiger charge is -2.43. The van der Waals surface area contributed by atoms with Gasteiger partial charge in [-0.3, -0.25) is 9.59 Å². The van der Waals surface area contributed by atoms with E-state index < -0.39 is 23.3 Å². The Hall–Kier alpha value is -1.44. The predicted molar refractivity (Wildman–Crippen MR) is 81.6 cm³/mol. The molecule has 3 rings (SSSR count). The van der Waals surface area contributed by atoms with Crippen molar-refractivity contribution in [1.29, 1.82) is 0 Å². The summed E-state index contributed by atoms with van der Waals surface area (Å²) in [6, 6.07) is 1.83. The molecule has 2 atom stereocenters. The van der Waals surface area contributed by atoms with Gasteiger partial charge in [-0.05, 0) is 25.0 Å². The van der Waals surface area contributed by atoms with Gasteiger partial charge >= 0.3 is 6.18 Å². The van der Waals surface area contributed by atoms with Gasteiger partial charge in [0.25, 0.3) is 11.5 Å². The van der Waals surface area contributed by atoms with Crippen LogP contribution in [0.25, 0.3) is 0 Å². The van der Waals surface area contributed by atoms with Crippen molar-refractivity contribution < 1.29 is 18.0 Å². The summed E-state index contributed by atoms with van der Waals surface area (Å²) in [5.41, 5.74) is -2.33. The fraction of sp³-hybridized carbons (Fsp3) is 0.600. The average Bonchev–Trinajstić information content (AvgIpc) is 2.53. The molecule has 126 valence electrons. The lowest BCUT2D eigenvalue weighted by Crippen LogP contribution is -2.52. The molecule has 0 radical (unpaired) electrons. The number of thioether (sulfide) groups is 1. The van der Waals surface area contributed by atoms with Gasteiger partial charge in [-0.15, -0.1) is 0 Å². The van der Waals surface area contributed by atoms with Gasteiger partial charge in [-0.25, -0.2) is 0 Å². The number of pyridine rings is 1. The molecule has 8 heteroatoms. The maximum absolute atomic E-state index is 12.7. The Morgan fingerprint density at radius 2 is 2.00 bits per heavy atom. The third-order valence-electron chi connectivity index (χ3n) is 4.44. The molecule has 1 N–H and O–H groups in total. The zero-order chi connectivity index (χ0) is 16.6. The third kappa shape index (κ3) is 3.27. The van der Waals surface area contributed by atoms with Crippen LogP contribution in [-0.2, 0) is 6.18 Å². The molecule has 1 aromatic heterocycles. The Morgan fingerprint density at radius 3 is 2.70 bits per heavy atom. The van der Waals surface area contributed by atoms with Gasteiger partial charge in [0.1, 0.15) is 11.3 Å². The summed E-state index contributed by atoms with van der Waals surface area (Å²) in [7, 11) is 0. The van der Waals surface area contributed by atoms with Crippen LogP contribution in [0.3, 0.4) is 0 Å². The van der Waals surface area contributed by atoms with Crippen molar-refractivity contribution in [1.82, 2.24) is 9.88 Å². The Balaban J connectivity index is 1.86. The molecular formula is C15H17F3N2O2S. The van der Waals surface area contributed by atoms with Crippen LogP contribution in [-0.4, -0.2) is 39.4 Å². The topological polar surface area (TPSA) is 53.2 Å². The molecule has 2 heterocycles. The number of nitrogens with zero attached hydrogens (tertiary/aromatic N) is 1. The Kier molecular flexibility index (Phi) is 4.44. The summed E-state index contributed by atoms with van der Waals surface area (Å²) in [6.45, 7) is 0.533. The number of aromatic nitrogens is 1. The lowest BCUT2D eigenvalue weighted by atomic mass is 9.93. The van der Waals surface area contributed by atoms with Gasteiger partial charge in [0.05, 0.1) is 0 Å². The van der Waals surface area contributed by atoms with Crippen molar-refractivity contribution in [2.24, 2.45) is 0 Å². The monoisotopic (exact) mass is 346 g/mol. The second-order valence-electron chi connectivity index (χ2n) is 5.87.